The minimum atomic E-state index is -5.32. The quantitative estimate of drug-likeness (QED) is 0.521. The predicted octanol–water partition coefficient (Wildman–Crippen LogP) is 2.45. The molecule has 1 aliphatic carbocycles. The number of hydrogen-bond donors (Lipinski definition) is 0. The van der Waals surface area contributed by atoms with E-state index in [0.29, 0.717) is 0 Å². The first-order chi connectivity index (χ1) is 5.11. The molecule has 0 aromatic rings. The van der Waals surface area contributed by atoms with E-state index in [4.69, 9.17) is 0 Å². The molecule has 1 unspecified atom stereocenters. The highest BCUT2D eigenvalue weighted by atomic mass is 19.3. The Kier molecular flexibility index (Phi) is 1.64. The Morgan fingerprint density at radius 1 is 0.917 bits per heavy atom. The largest absolute Gasteiger partial charge is 0.347 e. The summed E-state index contributed by atoms with van der Waals surface area (Å²) in [4.78, 5) is 0. The summed E-state index contributed by atoms with van der Waals surface area (Å²) >= 11 is 0. The molecular formula is C5H2F7. The molecule has 0 bridgehead atoms. The average molecular weight is 195 g/mol. The van der Waals surface area contributed by atoms with Crippen LogP contribution in [0.5, 0.6) is 0 Å². The van der Waals surface area contributed by atoms with Crippen LogP contribution in [0.3, 0.4) is 0 Å². The van der Waals surface area contributed by atoms with Gasteiger partial charge in [-0.25, -0.2) is 13.2 Å². The van der Waals surface area contributed by atoms with Gasteiger partial charge in [0.1, 0.15) is 6.42 Å². The van der Waals surface area contributed by atoms with Crippen LogP contribution in [0.15, 0.2) is 0 Å². The van der Waals surface area contributed by atoms with Gasteiger partial charge in [-0.2, -0.15) is 17.6 Å². The Balaban J connectivity index is 3.05. The monoisotopic (exact) mass is 195 g/mol. The first-order valence-corrected chi connectivity index (χ1v) is 2.76. The molecule has 0 aromatic heterocycles. The van der Waals surface area contributed by atoms with Crippen molar-refractivity contribution in [3.05, 3.63) is 6.42 Å². The molecule has 71 valence electrons. The van der Waals surface area contributed by atoms with Gasteiger partial charge in [0.05, 0.1) is 0 Å². The van der Waals surface area contributed by atoms with Gasteiger partial charge in [-0.15, -0.1) is 0 Å². The van der Waals surface area contributed by atoms with Crippen LogP contribution in [0.25, 0.3) is 0 Å². The lowest BCUT2D eigenvalue weighted by Gasteiger charge is -2.18. The maximum atomic E-state index is 12.0. The zero-order chi connectivity index (χ0) is 9.78. The lowest BCUT2D eigenvalue weighted by molar-refractivity contribution is -0.205. The van der Waals surface area contributed by atoms with Gasteiger partial charge >= 0.3 is 11.8 Å². The van der Waals surface area contributed by atoms with Gasteiger partial charge < -0.3 is 0 Å². The average Bonchev–Trinajstić information content (AvgIpc) is 1.90. The fourth-order valence-corrected chi connectivity index (χ4v) is 0.822. The van der Waals surface area contributed by atoms with Crippen LogP contribution in [-0.4, -0.2) is 23.9 Å². The molecular weight excluding hydrogens is 193 g/mol. The normalized spacial score (nSPS) is 36.8. The molecule has 12 heavy (non-hydrogen) atoms. The van der Waals surface area contributed by atoms with Crippen LogP contribution in [-0.2, 0) is 0 Å². The molecule has 0 amide bonds. The van der Waals surface area contributed by atoms with Gasteiger partial charge in [0.15, 0.2) is 0 Å². The fraction of sp³-hybridized carbons (Fsp3) is 0.800. The Labute approximate surface area is 62.4 Å². The van der Waals surface area contributed by atoms with Crippen LogP contribution in [0.1, 0.15) is 0 Å². The summed E-state index contributed by atoms with van der Waals surface area (Å²) in [5.41, 5.74) is 0. The maximum Gasteiger partial charge on any atom is 0.347 e. The van der Waals surface area contributed by atoms with E-state index >= 15 is 0 Å². The minimum absolute atomic E-state index is 1.26. The molecule has 1 radical (unpaired) electrons. The van der Waals surface area contributed by atoms with Crippen LogP contribution < -0.4 is 0 Å². The molecule has 0 heterocycles. The first kappa shape index (κ1) is 9.60. The fourth-order valence-electron chi connectivity index (χ4n) is 0.822. The molecule has 0 aliphatic heterocycles. The van der Waals surface area contributed by atoms with Gasteiger partial charge in [-0.3, -0.25) is 0 Å². The molecule has 0 nitrogen and oxygen atoms in total. The summed E-state index contributed by atoms with van der Waals surface area (Å²) in [5.74, 6) is -15.2. The smallest absolute Gasteiger partial charge is 0.234 e. The van der Waals surface area contributed by atoms with Crippen molar-refractivity contribution < 1.29 is 30.7 Å². The molecule has 0 spiro atoms. The van der Waals surface area contributed by atoms with E-state index in [9.17, 15) is 30.7 Å². The highest BCUT2D eigenvalue weighted by Gasteiger charge is 2.78. The van der Waals surface area contributed by atoms with Crippen molar-refractivity contribution in [2.24, 2.45) is 0 Å². The number of alkyl halides is 7. The second-order valence-corrected chi connectivity index (χ2v) is 2.43. The van der Waals surface area contributed by atoms with Gasteiger partial charge in [0.25, 0.3) is 5.92 Å². The van der Waals surface area contributed by atoms with Gasteiger partial charge in [-0.05, 0) is 0 Å². The first-order valence-electron chi connectivity index (χ1n) is 2.76. The van der Waals surface area contributed by atoms with Crippen molar-refractivity contribution in [3.8, 4) is 0 Å². The molecule has 1 fully saturated rings. The van der Waals surface area contributed by atoms with Crippen molar-refractivity contribution >= 4 is 0 Å². The summed E-state index contributed by atoms with van der Waals surface area (Å²) in [5, 5.41) is 0. The minimum Gasteiger partial charge on any atom is -0.234 e. The third-order valence-corrected chi connectivity index (χ3v) is 1.47. The van der Waals surface area contributed by atoms with Crippen molar-refractivity contribution in [3.63, 3.8) is 0 Å². The lowest BCUT2D eigenvalue weighted by atomic mass is 10.2. The highest BCUT2D eigenvalue weighted by Crippen LogP contribution is 2.55. The Hall–Kier alpha value is -0.490. The maximum absolute atomic E-state index is 12.0. The Morgan fingerprint density at radius 2 is 1.33 bits per heavy atom. The number of rotatable bonds is 0. The molecule has 0 saturated heterocycles. The van der Waals surface area contributed by atoms with E-state index in [1.165, 1.54) is 0 Å². The second kappa shape index (κ2) is 2.05. The third kappa shape index (κ3) is 0.980. The van der Waals surface area contributed by atoms with Crippen molar-refractivity contribution in [2.45, 2.75) is 23.9 Å². The number of hydrogen-bond acceptors (Lipinski definition) is 0. The van der Waals surface area contributed by atoms with Gasteiger partial charge in [0.2, 0.25) is 6.17 Å². The summed E-state index contributed by atoms with van der Waals surface area (Å²) < 4.78 is 83.7. The van der Waals surface area contributed by atoms with E-state index in [0.717, 1.165) is 0 Å². The SMILES string of the molecule is FC1C(F)(F)[CH]C(F)(F)C1(F)F. The molecule has 1 saturated carbocycles. The summed E-state index contributed by atoms with van der Waals surface area (Å²) in [6.07, 6.45) is -5.41. The summed E-state index contributed by atoms with van der Waals surface area (Å²) in [6.45, 7) is 0. The Morgan fingerprint density at radius 3 is 1.42 bits per heavy atom. The lowest BCUT2D eigenvalue weighted by Crippen LogP contribution is -2.42. The molecule has 1 rings (SSSR count). The highest BCUT2D eigenvalue weighted by molar-refractivity contribution is 5.19. The zero-order valence-corrected chi connectivity index (χ0v) is 5.30. The summed E-state index contributed by atoms with van der Waals surface area (Å²) in [6, 6.07) is 0. The van der Waals surface area contributed by atoms with Crippen molar-refractivity contribution in [1.82, 2.24) is 0 Å². The van der Waals surface area contributed by atoms with Gasteiger partial charge in [0, 0.05) is 0 Å². The standard InChI is InChI=1S/C5H2F7/c6-2-3(7,8)1-4(9,10)5(2,11)12/h1-2H. The van der Waals surface area contributed by atoms with Crippen LogP contribution >= 0.6 is 0 Å². The molecule has 1 atom stereocenters. The van der Waals surface area contributed by atoms with E-state index in [-0.39, 0.29) is 0 Å². The van der Waals surface area contributed by atoms with E-state index < -0.39 is 30.4 Å². The number of halogens is 7. The molecule has 1 aliphatic rings. The van der Waals surface area contributed by atoms with E-state index in [1.807, 2.05) is 0 Å². The zero-order valence-electron chi connectivity index (χ0n) is 5.30. The van der Waals surface area contributed by atoms with Crippen molar-refractivity contribution in [1.29, 1.82) is 0 Å². The van der Waals surface area contributed by atoms with Crippen LogP contribution in [0.4, 0.5) is 30.7 Å². The predicted molar refractivity (Wildman–Crippen MR) is 24.0 cm³/mol. The van der Waals surface area contributed by atoms with E-state index in [1.54, 1.807) is 0 Å². The van der Waals surface area contributed by atoms with Crippen LogP contribution in [0, 0.1) is 6.42 Å². The molecule has 7 heteroatoms. The molecule has 0 aromatic carbocycles. The second-order valence-electron chi connectivity index (χ2n) is 2.43. The van der Waals surface area contributed by atoms with Gasteiger partial charge in [-0.1, -0.05) is 0 Å². The Bertz CT molecular complexity index is 196. The topological polar surface area (TPSA) is 0 Å². The van der Waals surface area contributed by atoms with Crippen LogP contribution in [0.2, 0.25) is 0 Å². The third-order valence-electron chi connectivity index (χ3n) is 1.47. The summed E-state index contributed by atoms with van der Waals surface area (Å²) in [7, 11) is 0. The van der Waals surface area contributed by atoms with E-state index in [2.05, 4.69) is 0 Å². The van der Waals surface area contributed by atoms with Crippen molar-refractivity contribution in [2.75, 3.05) is 0 Å². The molecule has 0 N–H and O–H groups in total.